The second-order valence-electron chi connectivity index (χ2n) is 6.79. The van der Waals surface area contributed by atoms with Crippen molar-refractivity contribution in [2.45, 2.75) is 19.4 Å². The van der Waals surface area contributed by atoms with Gasteiger partial charge in [0.1, 0.15) is 0 Å². The number of carbonyl (C=O) groups is 1. The number of rotatable bonds is 7. The average molecular weight is 423 g/mol. The van der Waals surface area contributed by atoms with Crippen molar-refractivity contribution in [2.24, 2.45) is 7.05 Å². The minimum absolute atomic E-state index is 0.138. The molecule has 4 aromatic rings. The maximum absolute atomic E-state index is 12.3. The van der Waals surface area contributed by atoms with Gasteiger partial charge in [-0.2, -0.15) is 0 Å². The van der Waals surface area contributed by atoms with E-state index in [4.69, 9.17) is 4.42 Å². The SMILES string of the molecule is Cn1nnnc1-c1cccc(NC(=O)CCCn2c(=O)oc3cc([N+](=O)[O-])ccc32)c1. The van der Waals surface area contributed by atoms with E-state index in [1.165, 1.54) is 27.4 Å². The first-order valence-corrected chi connectivity index (χ1v) is 9.33. The molecule has 0 spiro atoms. The molecule has 0 bridgehead atoms. The van der Waals surface area contributed by atoms with Gasteiger partial charge in [-0.1, -0.05) is 12.1 Å². The molecule has 0 atom stereocenters. The van der Waals surface area contributed by atoms with Gasteiger partial charge in [0.2, 0.25) is 5.91 Å². The molecule has 0 fully saturated rings. The van der Waals surface area contributed by atoms with Crippen LogP contribution in [0, 0.1) is 10.1 Å². The third kappa shape index (κ3) is 4.17. The zero-order valence-corrected chi connectivity index (χ0v) is 16.4. The van der Waals surface area contributed by atoms with Gasteiger partial charge in [0, 0.05) is 37.3 Å². The Balaban J connectivity index is 1.39. The van der Waals surface area contributed by atoms with Crippen molar-refractivity contribution in [3.63, 3.8) is 0 Å². The molecule has 2 heterocycles. The molecule has 1 amide bonds. The molecule has 0 saturated carbocycles. The van der Waals surface area contributed by atoms with Crippen molar-refractivity contribution < 1.29 is 14.1 Å². The van der Waals surface area contributed by atoms with E-state index in [0.29, 0.717) is 23.4 Å². The number of amides is 1. The largest absolute Gasteiger partial charge is 0.419 e. The normalized spacial score (nSPS) is 11.0. The summed E-state index contributed by atoms with van der Waals surface area (Å²) in [7, 11) is 1.72. The van der Waals surface area contributed by atoms with E-state index >= 15 is 0 Å². The van der Waals surface area contributed by atoms with Crippen LogP contribution in [-0.4, -0.2) is 35.6 Å². The highest BCUT2D eigenvalue weighted by molar-refractivity contribution is 5.91. The summed E-state index contributed by atoms with van der Waals surface area (Å²) in [4.78, 5) is 34.7. The summed E-state index contributed by atoms with van der Waals surface area (Å²) in [5, 5.41) is 25.0. The molecule has 1 N–H and O–H groups in total. The predicted octanol–water partition coefficient (Wildman–Crippen LogP) is 2.11. The van der Waals surface area contributed by atoms with Gasteiger partial charge in [-0.25, -0.2) is 9.48 Å². The second kappa shape index (κ2) is 8.18. The van der Waals surface area contributed by atoms with Crippen molar-refractivity contribution in [1.29, 1.82) is 0 Å². The van der Waals surface area contributed by atoms with Gasteiger partial charge in [-0.05, 0) is 35.0 Å². The number of fused-ring (bicyclic) bond motifs is 1. The van der Waals surface area contributed by atoms with Crippen molar-refractivity contribution >= 4 is 28.4 Å². The van der Waals surface area contributed by atoms with E-state index < -0.39 is 10.7 Å². The van der Waals surface area contributed by atoms with Crippen molar-refractivity contribution in [2.75, 3.05) is 5.32 Å². The van der Waals surface area contributed by atoms with Crippen LogP contribution in [0.1, 0.15) is 12.8 Å². The lowest BCUT2D eigenvalue weighted by molar-refractivity contribution is -0.384. The van der Waals surface area contributed by atoms with Gasteiger partial charge in [-0.3, -0.25) is 19.5 Å². The molecule has 4 rings (SSSR count). The van der Waals surface area contributed by atoms with Gasteiger partial charge in [-0.15, -0.1) is 5.10 Å². The van der Waals surface area contributed by atoms with E-state index in [2.05, 4.69) is 20.8 Å². The fourth-order valence-corrected chi connectivity index (χ4v) is 3.21. The van der Waals surface area contributed by atoms with Crippen LogP contribution in [0.25, 0.3) is 22.5 Å². The van der Waals surface area contributed by atoms with E-state index in [9.17, 15) is 19.7 Å². The number of anilines is 1. The Morgan fingerprint density at radius 3 is 2.84 bits per heavy atom. The minimum Gasteiger partial charge on any atom is -0.407 e. The number of non-ortho nitro benzene ring substituents is 1. The molecule has 0 aliphatic carbocycles. The molecular weight excluding hydrogens is 406 g/mol. The lowest BCUT2D eigenvalue weighted by Gasteiger charge is -2.07. The number of carbonyl (C=O) groups excluding carboxylic acids is 1. The van der Waals surface area contributed by atoms with Crippen LogP contribution in [0.3, 0.4) is 0 Å². The van der Waals surface area contributed by atoms with Gasteiger partial charge in [0.15, 0.2) is 11.4 Å². The first-order valence-electron chi connectivity index (χ1n) is 9.33. The summed E-state index contributed by atoms with van der Waals surface area (Å²) in [6, 6.07) is 11.1. The molecule has 2 aromatic carbocycles. The summed E-state index contributed by atoms with van der Waals surface area (Å²) in [6.07, 6.45) is 0.548. The van der Waals surface area contributed by atoms with Crippen LogP contribution < -0.4 is 11.1 Å². The first kappa shape index (κ1) is 19.9. The average Bonchev–Trinajstić information content (AvgIpc) is 3.30. The fourth-order valence-electron chi connectivity index (χ4n) is 3.21. The molecule has 12 heteroatoms. The Kier molecular flexibility index (Phi) is 5.26. The molecule has 0 saturated heterocycles. The second-order valence-corrected chi connectivity index (χ2v) is 6.79. The van der Waals surface area contributed by atoms with Gasteiger partial charge >= 0.3 is 5.76 Å². The Morgan fingerprint density at radius 1 is 1.26 bits per heavy atom. The number of nitro benzene ring substituents is 1. The van der Waals surface area contributed by atoms with Crippen molar-refractivity contribution in [3.05, 3.63) is 63.1 Å². The van der Waals surface area contributed by atoms with Crippen LogP contribution in [0.4, 0.5) is 11.4 Å². The number of aryl methyl sites for hydroxylation is 2. The Morgan fingerprint density at radius 2 is 2.10 bits per heavy atom. The van der Waals surface area contributed by atoms with Gasteiger partial charge in [0.05, 0.1) is 16.5 Å². The monoisotopic (exact) mass is 423 g/mol. The highest BCUT2D eigenvalue weighted by Gasteiger charge is 2.14. The lowest BCUT2D eigenvalue weighted by Crippen LogP contribution is -2.17. The summed E-state index contributed by atoms with van der Waals surface area (Å²) >= 11 is 0. The number of aromatic nitrogens is 5. The lowest BCUT2D eigenvalue weighted by atomic mass is 10.2. The van der Waals surface area contributed by atoms with Crippen LogP contribution >= 0.6 is 0 Å². The number of nitrogens with zero attached hydrogens (tertiary/aromatic N) is 6. The maximum atomic E-state index is 12.3. The molecular formula is C19H17N7O5. The van der Waals surface area contributed by atoms with Crippen LogP contribution in [-0.2, 0) is 18.4 Å². The molecule has 0 radical (unpaired) electrons. The number of nitrogens with one attached hydrogen (secondary N) is 1. The number of hydrogen-bond acceptors (Lipinski definition) is 8. The van der Waals surface area contributed by atoms with Gasteiger partial charge in [0.25, 0.3) is 5.69 Å². The third-order valence-electron chi connectivity index (χ3n) is 4.67. The zero-order chi connectivity index (χ0) is 22.0. The molecule has 31 heavy (non-hydrogen) atoms. The van der Waals surface area contributed by atoms with Crippen LogP contribution in [0.5, 0.6) is 0 Å². The van der Waals surface area contributed by atoms with E-state index in [-0.39, 0.29) is 30.1 Å². The number of oxazole rings is 1. The molecule has 0 aliphatic heterocycles. The molecule has 0 unspecified atom stereocenters. The van der Waals surface area contributed by atoms with E-state index in [0.717, 1.165) is 5.56 Å². The topological polar surface area (TPSA) is 151 Å². The quantitative estimate of drug-likeness (QED) is 0.350. The number of tetrazole rings is 1. The third-order valence-corrected chi connectivity index (χ3v) is 4.67. The molecule has 12 nitrogen and oxygen atoms in total. The van der Waals surface area contributed by atoms with Crippen LogP contribution in [0.2, 0.25) is 0 Å². The standard InChI is InChI=1S/C19H17N7O5/c1-24-18(21-22-23-24)12-4-2-5-13(10-12)20-17(27)6-3-9-25-15-8-7-14(26(29)30)11-16(15)31-19(25)28/h2,4-5,7-8,10-11H,3,6,9H2,1H3,(H,20,27). The Bertz CT molecular complexity index is 1340. The summed E-state index contributed by atoms with van der Waals surface area (Å²) in [6.45, 7) is 0.238. The Labute approximate surface area is 174 Å². The summed E-state index contributed by atoms with van der Waals surface area (Å²) < 4.78 is 7.97. The first-order chi connectivity index (χ1) is 14.9. The van der Waals surface area contributed by atoms with Gasteiger partial charge < -0.3 is 9.73 Å². The Hall–Kier alpha value is -4.35. The number of nitro groups is 1. The minimum atomic E-state index is -0.624. The van der Waals surface area contributed by atoms with Crippen LogP contribution in [0.15, 0.2) is 51.7 Å². The highest BCUT2D eigenvalue weighted by atomic mass is 16.6. The molecule has 0 aliphatic rings. The smallest absolute Gasteiger partial charge is 0.407 e. The number of benzene rings is 2. The fraction of sp³-hybridized carbons (Fsp3) is 0.211. The molecule has 2 aromatic heterocycles. The maximum Gasteiger partial charge on any atom is 0.419 e. The summed E-state index contributed by atoms with van der Waals surface area (Å²) in [5.74, 6) is -0.270. The molecule has 158 valence electrons. The van der Waals surface area contributed by atoms with Crippen molar-refractivity contribution in [1.82, 2.24) is 24.8 Å². The van der Waals surface area contributed by atoms with Crippen molar-refractivity contribution in [3.8, 4) is 11.4 Å². The van der Waals surface area contributed by atoms with E-state index in [1.54, 1.807) is 25.2 Å². The summed E-state index contributed by atoms with van der Waals surface area (Å²) in [5.41, 5.74) is 1.78. The highest BCUT2D eigenvalue weighted by Crippen LogP contribution is 2.21. The number of hydrogen-bond donors (Lipinski definition) is 1. The van der Waals surface area contributed by atoms with E-state index in [1.807, 2.05) is 6.07 Å². The predicted molar refractivity (Wildman–Crippen MR) is 109 cm³/mol. The zero-order valence-electron chi connectivity index (χ0n) is 16.4.